The highest BCUT2D eigenvalue weighted by molar-refractivity contribution is 9.10. The number of para-hydroxylation sites is 1. The van der Waals surface area contributed by atoms with Crippen LogP contribution < -0.4 is 4.74 Å². The maximum Gasteiger partial charge on any atom is 0.328 e. The third-order valence-corrected chi connectivity index (χ3v) is 3.65. The van der Waals surface area contributed by atoms with Crippen LogP contribution >= 0.6 is 15.9 Å². The van der Waals surface area contributed by atoms with E-state index in [2.05, 4.69) is 15.9 Å². The minimum Gasteiger partial charge on any atom is -0.480 e. The molecular formula is C16H12BrNO3. The van der Waals surface area contributed by atoms with Crippen molar-refractivity contribution in [2.45, 2.75) is 12.3 Å². The van der Waals surface area contributed by atoms with Gasteiger partial charge in [0.15, 0.2) is 5.41 Å². The number of aliphatic carboxylic acids is 1. The van der Waals surface area contributed by atoms with E-state index in [1.165, 1.54) is 6.92 Å². The highest BCUT2D eigenvalue weighted by Gasteiger charge is 2.38. The van der Waals surface area contributed by atoms with Gasteiger partial charge in [-0.2, -0.15) is 5.26 Å². The Labute approximate surface area is 130 Å². The lowest BCUT2D eigenvalue weighted by Gasteiger charge is -2.20. The van der Waals surface area contributed by atoms with Crippen LogP contribution in [0.1, 0.15) is 12.5 Å². The number of hydrogen-bond donors (Lipinski definition) is 1. The molecule has 0 aromatic heterocycles. The number of carbonyl (C=O) groups is 1. The van der Waals surface area contributed by atoms with E-state index in [0.29, 0.717) is 17.1 Å². The lowest BCUT2D eigenvalue weighted by molar-refractivity contribution is -0.141. The van der Waals surface area contributed by atoms with E-state index in [1.54, 1.807) is 36.4 Å². The molecule has 1 N–H and O–H groups in total. The van der Waals surface area contributed by atoms with Crippen LogP contribution in [0.25, 0.3) is 0 Å². The summed E-state index contributed by atoms with van der Waals surface area (Å²) in [6, 6.07) is 15.6. The SMILES string of the molecule is CC(C#N)(C(=O)O)c1ccccc1Oc1ccc(Br)cc1. The number of halogens is 1. The molecule has 4 nitrogen and oxygen atoms in total. The fourth-order valence-corrected chi connectivity index (χ4v) is 2.09. The second kappa shape index (κ2) is 5.98. The number of carboxylic acid groups (broad SMARTS) is 1. The largest absolute Gasteiger partial charge is 0.480 e. The maximum absolute atomic E-state index is 11.4. The molecule has 1 atom stereocenters. The van der Waals surface area contributed by atoms with Gasteiger partial charge in [0.2, 0.25) is 0 Å². The average molecular weight is 346 g/mol. The minimum atomic E-state index is -1.66. The Balaban J connectivity index is 2.44. The van der Waals surface area contributed by atoms with Gasteiger partial charge >= 0.3 is 5.97 Å². The third-order valence-electron chi connectivity index (χ3n) is 3.12. The molecule has 0 aliphatic rings. The normalized spacial score (nSPS) is 13.0. The Morgan fingerprint density at radius 2 is 1.86 bits per heavy atom. The summed E-state index contributed by atoms with van der Waals surface area (Å²) in [5.74, 6) is -0.292. The molecule has 0 aliphatic heterocycles. The highest BCUT2D eigenvalue weighted by Crippen LogP contribution is 2.34. The van der Waals surface area contributed by atoms with Crippen LogP contribution in [0.5, 0.6) is 11.5 Å². The van der Waals surface area contributed by atoms with Gasteiger partial charge in [-0.25, -0.2) is 0 Å². The molecule has 1 unspecified atom stereocenters. The summed E-state index contributed by atoms with van der Waals surface area (Å²) in [5.41, 5.74) is -1.34. The molecular weight excluding hydrogens is 334 g/mol. The molecule has 0 spiro atoms. The van der Waals surface area contributed by atoms with Crippen LogP contribution in [0.15, 0.2) is 53.0 Å². The van der Waals surface area contributed by atoms with Gasteiger partial charge in [-0.3, -0.25) is 4.79 Å². The van der Waals surface area contributed by atoms with Crippen LogP contribution in [0.4, 0.5) is 0 Å². The van der Waals surface area contributed by atoms with E-state index in [1.807, 2.05) is 18.2 Å². The molecule has 5 heteroatoms. The van der Waals surface area contributed by atoms with Crippen molar-refractivity contribution < 1.29 is 14.6 Å². The van der Waals surface area contributed by atoms with E-state index < -0.39 is 11.4 Å². The van der Waals surface area contributed by atoms with E-state index in [4.69, 9.17) is 4.74 Å². The van der Waals surface area contributed by atoms with Gasteiger partial charge in [0.05, 0.1) is 6.07 Å². The third kappa shape index (κ3) is 3.06. The first-order valence-electron chi connectivity index (χ1n) is 6.15. The molecule has 0 amide bonds. The van der Waals surface area contributed by atoms with Gasteiger partial charge in [-0.1, -0.05) is 34.1 Å². The topological polar surface area (TPSA) is 70.3 Å². The second-order valence-corrected chi connectivity index (χ2v) is 5.51. The van der Waals surface area contributed by atoms with Crippen LogP contribution in [0.3, 0.4) is 0 Å². The molecule has 0 heterocycles. The molecule has 2 aromatic rings. The molecule has 0 radical (unpaired) electrons. The standard InChI is InChI=1S/C16H12BrNO3/c1-16(10-18,15(19)20)13-4-2-3-5-14(13)21-12-8-6-11(17)7-9-12/h2-9H,1H3,(H,19,20). The molecule has 21 heavy (non-hydrogen) atoms. The summed E-state index contributed by atoms with van der Waals surface area (Å²) in [7, 11) is 0. The second-order valence-electron chi connectivity index (χ2n) is 4.59. The molecule has 2 rings (SSSR count). The number of nitriles is 1. The summed E-state index contributed by atoms with van der Waals surface area (Å²) < 4.78 is 6.64. The lowest BCUT2D eigenvalue weighted by Crippen LogP contribution is -2.30. The zero-order valence-electron chi connectivity index (χ0n) is 11.2. The Morgan fingerprint density at radius 3 is 2.43 bits per heavy atom. The van der Waals surface area contributed by atoms with E-state index in [-0.39, 0.29) is 0 Å². The Bertz CT molecular complexity index is 706. The van der Waals surface area contributed by atoms with Gasteiger partial charge in [-0.15, -0.1) is 0 Å². The maximum atomic E-state index is 11.4. The van der Waals surface area contributed by atoms with Crippen molar-refractivity contribution in [3.05, 3.63) is 58.6 Å². The van der Waals surface area contributed by atoms with Gasteiger partial charge in [0.1, 0.15) is 11.5 Å². The molecule has 0 aliphatic carbocycles. The van der Waals surface area contributed by atoms with Crippen LogP contribution in [0.2, 0.25) is 0 Å². The van der Waals surface area contributed by atoms with Crippen molar-refractivity contribution in [1.29, 1.82) is 5.26 Å². The number of rotatable bonds is 4. The van der Waals surface area contributed by atoms with Gasteiger partial charge in [0, 0.05) is 10.0 Å². The quantitative estimate of drug-likeness (QED) is 0.905. The predicted molar refractivity (Wildman–Crippen MR) is 81.3 cm³/mol. The van der Waals surface area contributed by atoms with Crippen molar-refractivity contribution in [3.8, 4) is 17.6 Å². The summed E-state index contributed by atoms with van der Waals surface area (Å²) in [4.78, 5) is 11.4. The molecule has 0 fully saturated rings. The fourth-order valence-electron chi connectivity index (χ4n) is 1.82. The Kier molecular flexibility index (Phi) is 4.29. The summed E-state index contributed by atoms with van der Waals surface area (Å²) >= 11 is 3.33. The van der Waals surface area contributed by atoms with Crippen LogP contribution in [-0.2, 0) is 10.2 Å². The summed E-state index contributed by atoms with van der Waals surface area (Å²) in [5, 5.41) is 18.6. The molecule has 0 saturated heterocycles. The monoisotopic (exact) mass is 345 g/mol. The summed E-state index contributed by atoms with van der Waals surface area (Å²) in [6.07, 6.45) is 0. The first-order valence-corrected chi connectivity index (χ1v) is 6.94. The van der Waals surface area contributed by atoms with Crippen molar-refractivity contribution in [2.24, 2.45) is 0 Å². The van der Waals surface area contributed by atoms with Crippen LogP contribution in [0, 0.1) is 11.3 Å². The number of benzene rings is 2. The number of carboxylic acids is 1. The lowest BCUT2D eigenvalue weighted by atomic mass is 9.83. The number of hydrogen-bond acceptors (Lipinski definition) is 3. The summed E-state index contributed by atoms with van der Waals surface area (Å²) in [6.45, 7) is 1.36. The average Bonchev–Trinajstić information content (AvgIpc) is 2.49. The van der Waals surface area contributed by atoms with Crippen molar-refractivity contribution in [1.82, 2.24) is 0 Å². The number of ether oxygens (including phenoxy) is 1. The van der Waals surface area contributed by atoms with E-state index in [0.717, 1.165) is 4.47 Å². The van der Waals surface area contributed by atoms with Crippen molar-refractivity contribution in [3.63, 3.8) is 0 Å². The Hall–Kier alpha value is -2.32. The fraction of sp³-hybridized carbons (Fsp3) is 0.125. The van der Waals surface area contributed by atoms with Crippen LogP contribution in [-0.4, -0.2) is 11.1 Å². The Morgan fingerprint density at radius 1 is 1.24 bits per heavy atom. The minimum absolute atomic E-state index is 0.322. The highest BCUT2D eigenvalue weighted by atomic mass is 79.9. The van der Waals surface area contributed by atoms with Gasteiger partial charge in [-0.05, 0) is 37.3 Å². The number of nitrogens with zero attached hydrogens (tertiary/aromatic N) is 1. The van der Waals surface area contributed by atoms with E-state index >= 15 is 0 Å². The first-order chi connectivity index (χ1) is 9.97. The zero-order chi connectivity index (χ0) is 15.5. The van der Waals surface area contributed by atoms with Gasteiger partial charge in [0.25, 0.3) is 0 Å². The molecule has 106 valence electrons. The smallest absolute Gasteiger partial charge is 0.328 e. The van der Waals surface area contributed by atoms with Crippen molar-refractivity contribution in [2.75, 3.05) is 0 Å². The van der Waals surface area contributed by atoms with Gasteiger partial charge < -0.3 is 9.84 Å². The van der Waals surface area contributed by atoms with Crippen molar-refractivity contribution >= 4 is 21.9 Å². The van der Waals surface area contributed by atoms with E-state index in [9.17, 15) is 15.2 Å². The zero-order valence-corrected chi connectivity index (χ0v) is 12.8. The molecule has 2 aromatic carbocycles. The first kappa shape index (κ1) is 15.1. The molecule has 0 bridgehead atoms. The molecule has 0 saturated carbocycles. The predicted octanol–water partition coefficient (Wildman–Crippen LogP) is 4.11.